The Balaban J connectivity index is 2.56. The van der Waals surface area contributed by atoms with Gasteiger partial charge in [-0.3, -0.25) is 0 Å². The Morgan fingerprint density at radius 2 is 1.62 bits per heavy atom. The SMILES string of the molecule is CCOC(=O)c1cnn(-c2c(F)c(F)c(F)c(F)c2F)c1. The highest BCUT2D eigenvalue weighted by atomic mass is 19.2. The van der Waals surface area contributed by atoms with Gasteiger partial charge in [0.05, 0.1) is 18.4 Å². The Labute approximate surface area is 114 Å². The van der Waals surface area contributed by atoms with Crippen molar-refractivity contribution >= 4 is 5.97 Å². The molecule has 0 saturated heterocycles. The van der Waals surface area contributed by atoms with E-state index in [1.807, 2.05) is 0 Å². The second-order valence-electron chi connectivity index (χ2n) is 3.81. The average Bonchev–Trinajstić information content (AvgIpc) is 2.93. The summed E-state index contributed by atoms with van der Waals surface area (Å²) in [6.45, 7) is 1.58. The molecule has 4 nitrogen and oxygen atoms in total. The van der Waals surface area contributed by atoms with Crippen LogP contribution in [0.4, 0.5) is 22.0 Å². The van der Waals surface area contributed by atoms with Gasteiger partial charge in [-0.1, -0.05) is 0 Å². The van der Waals surface area contributed by atoms with Crippen LogP contribution >= 0.6 is 0 Å². The summed E-state index contributed by atoms with van der Waals surface area (Å²) in [7, 11) is 0. The predicted molar refractivity (Wildman–Crippen MR) is 59.3 cm³/mol. The van der Waals surface area contributed by atoms with Gasteiger partial charge in [-0.25, -0.2) is 31.4 Å². The summed E-state index contributed by atoms with van der Waals surface area (Å²) in [5.74, 6) is -11.4. The molecule has 0 unspecified atom stereocenters. The van der Waals surface area contributed by atoms with Crippen molar-refractivity contribution in [2.75, 3.05) is 6.61 Å². The third kappa shape index (κ3) is 2.46. The van der Waals surface area contributed by atoms with Crippen molar-refractivity contribution in [3.05, 3.63) is 47.0 Å². The van der Waals surface area contributed by atoms with E-state index in [-0.39, 0.29) is 12.2 Å². The molecule has 0 aliphatic carbocycles. The molecule has 0 radical (unpaired) electrons. The highest BCUT2D eigenvalue weighted by Gasteiger charge is 2.27. The normalized spacial score (nSPS) is 10.8. The first-order chi connectivity index (χ1) is 9.88. The van der Waals surface area contributed by atoms with E-state index in [2.05, 4.69) is 9.84 Å². The van der Waals surface area contributed by atoms with E-state index in [0.29, 0.717) is 4.68 Å². The van der Waals surface area contributed by atoms with E-state index in [9.17, 15) is 26.7 Å². The van der Waals surface area contributed by atoms with Crippen LogP contribution in [0.15, 0.2) is 12.4 Å². The van der Waals surface area contributed by atoms with Crippen molar-refractivity contribution in [3.8, 4) is 5.69 Å². The molecule has 1 heterocycles. The molecule has 1 aromatic carbocycles. The Bertz CT molecular complexity index is 685. The number of rotatable bonds is 3. The maximum atomic E-state index is 13.5. The highest BCUT2D eigenvalue weighted by molar-refractivity contribution is 5.88. The third-order valence-electron chi connectivity index (χ3n) is 2.51. The molecule has 0 aliphatic heterocycles. The van der Waals surface area contributed by atoms with Gasteiger partial charge in [0, 0.05) is 6.20 Å². The standard InChI is InChI=1S/C12H7F5N2O2/c1-2-21-12(20)5-3-18-19(4-5)11-9(16)7(14)6(13)8(15)10(11)17/h3-4H,2H2,1H3. The largest absolute Gasteiger partial charge is 0.462 e. The molecule has 0 saturated carbocycles. The minimum absolute atomic E-state index is 0.0482. The molecule has 112 valence electrons. The van der Waals surface area contributed by atoms with E-state index in [4.69, 9.17) is 0 Å². The van der Waals surface area contributed by atoms with Crippen LogP contribution in [0, 0.1) is 29.1 Å². The third-order valence-corrected chi connectivity index (χ3v) is 2.51. The van der Waals surface area contributed by atoms with Crippen LogP contribution in [0.5, 0.6) is 0 Å². The second kappa shape index (κ2) is 5.51. The lowest BCUT2D eigenvalue weighted by molar-refractivity contribution is 0.0526. The number of aromatic nitrogens is 2. The fraction of sp³-hybridized carbons (Fsp3) is 0.167. The first-order valence-electron chi connectivity index (χ1n) is 5.62. The number of halogens is 5. The molecule has 0 fully saturated rings. The number of carbonyl (C=O) groups is 1. The number of nitrogens with zero attached hydrogens (tertiary/aromatic N) is 2. The van der Waals surface area contributed by atoms with Crippen LogP contribution in [0.25, 0.3) is 5.69 Å². The van der Waals surface area contributed by atoms with Crippen LogP contribution in [0.1, 0.15) is 17.3 Å². The fourth-order valence-corrected chi connectivity index (χ4v) is 1.56. The van der Waals surface area contributed by atoms with Crippen LogP contribution in [-0.2, 0) is 4.74 Å². The maximum Gasteiger partial charge on any atom is 0.341 e. The van der Waals surface area contributed by atoms with E-state index in [1.54, 1.807) is 0 Å². The first kappa shape index (κ1) is 14.9. The van der Waals surface area contributed by atoms with Gasteiger partial charge in [0.15, 0.2) is 23.3 Å². The number of benzene rings is 1. The van der Waals surface area contributed by atoms with E-state index in [1.165, 1.54) is 6.92 Å². The minimum atomic E-state index is -2.27. The summed E-state index contributed by atoms with van der Waals surface area (Å²) in [6.07, 6.45) is 1.69. The smallest absolute Gasteiger partial charge is 0.341 e. The number of ether oxygens (including phenoxy) is 1. The summed E-state index contributed by atoms with van der Waals surface area (Å²) in [4.78, 5) is 11.4. The molecular weight excluding hydrogens is 299 g/mol. The molecule has 0 amide bonds. The molecule has 9 heteroatoms. The average molecular weight is 306 g/mol. The van der Waals surface area contributed by atoms with E-state index >= 15 is 0 Å². The van der Waals surface area contributed by atoms with Crippen molar-refractivity contribution in [2.45, 2.75) is 6.92 Å². The molecule has 2 rings (SSSR count). The summed E-state index contributed by atoms with van der Waals surface area (Å²) in [6, 6.07) is 0. The number of hydrogen-bond donors (Lipinski definition) is 0. The molecule has 21 heavy (non-hydrogen) atoms. The van der Waals surface area contributed by atoms with Gasteiger partial charge >= 0.3 is 5.97 Å². The van der Waals surface area contributed by atoms with E-state index in [0.717, 1.165) is 12.4 Å². The van der Waals surface area contributed by atoms with Crippen molar-refractivity contribution in [1.82, 2.24) is 9.78 Å². The van der Waals surface area contributed by atoms with E-state index < -0.39 is 40.7 Å². The summed E-state index contributed by atoms with van der Waals surface area (Å²) in [5.41, 5.74) is -1.47. The topological polar surface area (TPSA) is 44.1 Å². The zero-order chi connectivity index (χ0) is 15.7. The zero-order valence-corrected chi connectivity index (χ0v) is 10.5. The molecule has 2 aromatic rings. The van der Waals surface area contributed by atoms with Gasteiger partial charge in [0.25, 0.3) is 0 Å². The predicted octanol–water partition coefficient (Wildman–Crippen LogP) is 2.74. The van der Waals surface area contributed by atoms with Crippen LogP contribution < -0.4 is 0 Å². The lowest BCUT2D eigenvalue weighted by atomic mass is 10.2. The Morgan fingerprint density at radius 3 is 2.14 bits per heavy atom. The maximum absolute atomic E-state index is 13.5. The Morgan fingerprint density at radius 1 is 1.10 bits per heavy atom. The Hall–Kier alpha value is -2.45. The number of esters is 1. The fourth-order valence-electron chi connectivity index (χ4n) is 1.56. The van der Waals surface area contributed by atoms with Crippen LogP contribution in [0.3, 0.4) is 0 Å². The second-order valence-corrected chi connectivity index (χ2v) is 3.81. The molecular formula is C12H7F5N2O2. The van der Waals surface area contributed by atoms with Gasteiger partial charge in [-0.05, 0) is 6.92 Å². The zero-order valence-electron chi connectivity index (χ0n) is 10.5. The van der Waals surface area contributed by atoms with Crippen LogP contribution in [0.2, 0.25) is 0 Å². The summed E-state index contributed by atoms with van der Waals surface area (Å²) >= 11 is 0. The van der Waals surface area contributed by atoms with Gasteiger partial charge in [0.1, 0.15) is 5.69 Å². The quantitative estimate of drug-likeness (QED) is 0.379. The lowest BCUT2D eigenvalue weighted by Gasteiger charge is -2.07. The molecule has 0 atom stereocenters. The minimum Gasteiger partial charge on any atom is -0.462 e. The van der Waals surface area contributed by atoms with Gasteiger partial charge in [-0.15, -0.1) is 0 Å². The van der Waals surface area contributed by atoms with Crippen LogP contribution in [-0.4, -0.2) is 22.4 Å². The molecule has 0 bridgehead atoms. The highest BCUT2D eigenvalue weighted by Crippen LogP contribution is 2.25. The lowest BCUT2D eigenvalue weighted by Crippen LogP contribution is -2.10. The van der Waals surface area contributed by atoms with Gasteiger partial charge in [-0.2, -0.15) is 5.10 Å². The molecule has 1 aromatic heterocycles. The van der Waals surface area contributed by atoms with Crippen molar-refractivity contribution in [1.29, 1.82) is 0 Å². The number of carbonyl (C=O) groups excluding carboxylic acids is 1. The van der Waals surface area contributed by atoms with Crippen molar-refractivity contribution in [2.24, 2.45) is 0 Å². The molecule has 0 N–H and O–H groups in total. The van der Waals surface area contributed by atoms with Crippen molar-refractivity contribution < 1.29 is 31.5 Å². The molecule has 0 spiro atoms. The van der Waals surface area contributed by atoms with Gasteiger partial charge < -0.3 is 4.74 Å². The first-order valence-corrected chi connectivity index (χ1v) is 5.62. The number of hydrogen-bond acceptors (Lipinski definition) is 3. The Kier molecular flexibility index (Phi) is 3.92. The summed E-state index contributed by atoms with van der Waals surface area (Å²) < 4.78 is 71.2. The van der Waals surface area contributed by atoms with Gasteiger partial charge in [0.2, 0.25) is 5.82 Å². The molecule has 0 aliphatic rings. The monoisotopic (exact) mass is 306 g/mol. The summed E-state index contributed by atoms with van der Waals surface area (Å²) in [5, 5.41) is 3.40. The van der Waals surface area contributed by atoms with Crippen molar-refractivity contribution in [3.63, 3.8) is 0 Å².